The quantitative estimate of drug-likeness (QED) is 0.713. The number of aliphatic hydroxyl groups is 1. The second kappa shape index (κ2) is 7.36. The van der Waals surface area contributed by atoms with Gasteiger partial charge in [-0.25, -0.2) is 0 Å². The van der Waals surface area contributed by atoms with Gasteiger partial charge in [0.1, 0.15) is 0 Å². The van der Waals surface area contributed by atoms with E-state index in [1.165, 1.54) is 6.07 Å². The lowest BCUT2D eigenvalue weighted by atomic mass is 10.0. The number of carbonyl (C=O) groups is 1. The Labute approximate surface area is 148 Å². The lowest BCUT2D eigenvalue weighted by Gasteiger charge is -2.13. The number of aryl methyl sites for hydroxylation is 1. The van der Waals surface area contributed by atoms with Gasteiger partial charge < -0.3 is 10.4 Å². The van der Waals surface area contributed by atoms with Gasteiger partial charge in [0.05, 0.1) is 18.0 Å². The number of nitrogens with one attached hydrogen (secondary N) is 1. The number of pyridine rings is 1. The molecule has 2 heterocycles. The van der Waals surface area contributed by atoms with Crippen LogP contribution in [0.4, 0.5) is 4.39 Å². The van der Waals surface area contributed by atoms with Crippen molar-refractivity contribution in [3.63, 3.8) is 0 Å². The van der Waals surface area contributed by atoms with Crippen LogP contribution >= 0.6 is 0 Å². The predicted octanol–water partition coefficient (Wildman–Crippen LogP) is 1.28. The van der Waals surface area contributed by atoms with E-state index >= 15 is 0 Å². The van der Waals surface area contributed by atoms with Gasteiger partial charge in [0, 0.05) is 23.4 Å². The highest BCUT2D eigenvalue weighted by molar-refractivity contribution is 5.96. The zero-order valence-electron chi connectivity index (χ0n) is 14.2. The van der Waals surface area contributed by atoms with E-state index in [0.717, 1.165) is 10.2 Å². The fourth-order valence-electron chi connectivity index (χ4n) is 2.34. The fourth-order valence-corrected chi connectivity index (χ4v) is 2.34. The molecule has 0 radical (unpaired) electrons. The van der Waals surface area contributed by atoms with Gasteiger partial charge in [0.2, 0.25) is 0 Å². The molecule has 8 nitrogen and oxygen atoms in total. The van der Waals surface area contributed by atoms with Crippen LogP contribution in [0, 0.1) is 13.0 Å². The van der Waals surface area contributed by atoms with E-state index in [2.05, 4.69) is 25.8 Å². The van der Waals surface area contributed by atoms with Crippen LogP contribution in [-0.2, 0) is 0 Å². The molecule has 0 fully saturated rings. The van der Waals surface area contributed by atoms with Crippen LogP contribution in [0.15, 0.2) is 36.5 Å². The summed E-state index contributed by atoms with van der Waals surface area (Å²) in [5.74, 6) is -0.407. The zero-order valence-corrected chi connectivity index (χ0v) is 14.2. The molecule has 9 heteroatoms. The molecule has 0 aliphatic carbocycles. The van der Waals surface area contributed by atoms with Crippen molar-refractivity contribution in [2.75, 3.05) is 6.61 Å². The highest BCUT2D eigenvalue weighted by Gasteiger charge is 2.16. The normalized spacial score (nSPS) is 12.0. The van der Waals surface area contributed by atoms with Crippen molar-refractivity contribution in [1.82, 2.24) is 30.5 Å². The van der Waals surface area contributed by atoms with E-state index in [4.69, 9.17) is 5.11 Å². The minimum absolute atomic E-state index is 0.195. The molecule has 0 unspecified atom stereocenters. The number of hydrogen-bond acceptors (Lipinski definition) is 6. The van der Waals surface area contributed by atoms with Crippen molar-refractivity contribution in [3.8, 4) is 16.9 Å². The molecule has 134 valence electrons. The number of carbonyl (C=O) groups excluding carboxylic acids is 1. The van der Waals surface area contributed by atoms with Crippen molar-refractivity contribution in [1.29, 1.82) is 0 Å². The molecule has 0 aliphatic heterocycles. The van der Waals surface area contributed by atoms with Gasteiger partial charge in [-0.3, -0.25) is 9.78 Å². The number of tetrazole rings is 1. The highest BCUT2D eigenvalue weighted by Crippen LogP contribution is 2.23. The van der Waals surface area contributed by atoms with Crippen molar-refractivity contribution in [3.05, 3.63) is 53.7 Å². The van der Waals surface area contributed by atoms with E-state index in [1.807, 2.05) is 19.1 Å². The maximum Gasteiger partial charge on any atom is 0.331 e. The van der Waals surface area contributed by atoms with E-state index in [1.54, 1.807) is 25.3 Å². The van der Waals surface area contributed by atoms with Crippen molar-refractivity contribution >= 4 is 5.91 Å². The Hall–Kier alpha value is -3.20. The Balaban J connectivity index is 2.09. The molecule has 0 spiro atoms. The summed E-state index contributed by atoms with van der Waals surface area (Å²) in [7, 11) is 0. The number of nitrogens with zero attached hydrogens (tertiary/aromatic N) is 5. The number of amides is 1. The summed E-state index contributed by atoms with van der Waals surface area (Å²) in [6, 6.07) is 8.03. The van der Waals surface area contributed by atoms with E-state index in [-0.39, 0.29) is 17.9 Å². The average molecular weight is 356 g/mol. The Bertz CT molecular complexity index is 925. The molecule has 1 aromatic carbocycles. The largest absolute Gasteiger partial charge is 0.394 e. The summed E-state index contributed by atoms with van der Waals surface area (Å²) in [6.45, 7) is 3.39. The second-order valence-corrected chi connectivity index (χ2v) is 5.91. The summed E-state index contributed by atoms with van der Waals surface area (Å²) in [4.78, 5) is 16.8. The standard InChI is InChI=1S/C17H17FN6O2/c1-10-3-4-15(19-8-10)12-5-13(16(26)20-11(2)9-25)7-14(6-12)24-17(18)21-22-23-24/h3-8,11,25H,9H2,1-2H3,(H,20,26)/t11-/m0/s1. The van der Waals surface area contributed by atoms with Crippen LogP contribution in [0.2, 0.25) is 0 Å². The van der Waals surface area contributed by atoms with Gasteiger partial charge in [-0.1, -0.05) is 11.2 Å². The Morgan fingerprint density at radius 1 is 1.35 bits per heavy atom. The number of halogens is 1. The van der Waals surface area contributed by atoms with Gasteiger partial charge in [-0.2, -0.15) is 9.07 Å². The summed E-state index contributed by atoms with van der Waals surface area (Å²) < 4.78 is 14.7. The van der Waals surface area contributed by atoms with Crippen LogP contribution in [0.3, 0.4) is 0 Å². The van der Waals surface area contributed by atoms with E-state index < -0.39 is 18.0 Å². The molecular formula is C17H17FN6O2. The van der Waals surface area contributed by atoms with Crippen molar-refractivity contribution < 1.29 is 14.3 Å². The van der Waals surface area contributed by atoms with Crippen LogP contribution in [0.5, 0.6) is 0 Å². The van der Waals surface area contributed by atoms with Crippen LogP contribution < -0.4 is 5.32 Å². The first kappa shape index (κ1) is 17.6. The smallest absolute Gasteiger partial charge is 0.331 e. The minimum Gasteiger partial charge on any atom is -0.394 e. The predicted molar refractivity (Wildman–Crippen MR) is 91.1 cm³/mol. The van der Waals surface area contributed by atoms with Gasteiger partial charge in [-0.15, -0.1) is 0 Å². The number of hydrogen-bond donors (Lipinski definition) is 2. The zero-order chi connectivity index (χ0) is 18.7. The summed E-state index contributed by atoms with van der Waals surface area (Å²) >= 11 is 0. The topological polar surface area (TPSA) is 106 Å². The number of aromatic nitrogens is 5. The second-order valence-electron chi connectivity index (χ2n) is 5.91. The summed E-state index contributed by atoms with van der Waals surface area (Å²) in [5.41, 5.74) is 2.78. The molecule has 1 amide bonds. The molecule has 0 bridgehead atoms. The van der Waals surface area contributed by atoms with E-state index in [9.17, 15) is 9.18 Å². The molecule has 0 aliphatic rings. The van der Waals surface area contributed by atoms with Crippen LogP contribution in [-0.4, -0.2) is 48.9 Å². The molecule has 3 aromatic rings. The lowest BCUT2D eigenvalue weighted by molar-refractivity contribution is 0.0922. The average Bonchev–Trinajstić information content (AvgIpc) is 3.07. The Morgan fingerprint density at radius 2 is 2.15 bits per heavy atom. The number of rotatable bonds is 5. The molecule has 26 heavy (non-hydrogen) atoms. The number of aliphatic hydroxyl groups excluding tert-OH is 1. The minimum atomic E-state index is -0.894. The third-order valence-electron chi connectivity index (χ3n) is 3.71. The third kappa shape index (κ3) is 3.72. The van der Waals surface area contributed by atoms with Gasteiger partial charge in [0.25, 0.3) is 5.91 Å². The van der Waals surface area contributed by atoms with Crippen molar-refractivity contribution in [2.24, 2.45) is 0 Å². The van der Waals surface area contributed by atoms with Gasteiger partial charge in [-0.05, 0) is 54.1 Å². The Morgan fingerprint density at radius 3 is 2.77 bits per heavy atom. The third-order valence-corrected chi connectivity index (χ3v) is 3.71. The maximum absolute atomic E-state index is 13.8. The molecule has 3 rings (SSSR count). The summed E-state index contributed by atoms with van der Waals surface area (Å²) in [6.07, 6.45) is 0.807. The monoisotopic (exact) mass is 356 g/mol. The molecular weight excluding hydrogens is 339 g/mol. The first-order valence-corrected chi connectivity index (χ1v) is 7.92. The first-order chi connectivity index (χ1) is 12.5. The maximum atomic E-state index is 13.8. The fraction of sp³-hybridized carbons (Fsp3) is 0.235. The Kier molecular flexibility index (Phi) is 4.99. The van der Waals surface area contributed by atoms with Gasteiger partial charge >= 0.3 is 6.08 Å². The SMILES string of the molecule is Cc1ccc(-c2cc(C(=O)N[C@@H](C)CO)cc(-n3nnnc3F)c2)nc1. The molecule has 0 saturated heterocycles. The summed E-state index contributed by atoms with van der Waals surface area (Å²) in [5, 5.41) is 21.9. The molecule has 2 aromatic heterocycles. The van der Waals surface area contributed by atoms with Gasteiger partial charge in [0.15, 0.2) is 0 Å². The van der Waals surface area contributed by atoms with Crippen LogP contribution in [0.1, 0.15) is 22.8 Å². The molecule has 1 atom stereocenters. The van der Waals surface area contributed by atoms with Crippen molar-refractivity contribution in [2.45, 2.75) is 19.9 Å². The molecule has 0 saturated carbocycles. The van der Waals surface area contributed by atoms with E-state index in [0.29, 0.717) is 11.3 Å². The number of benzene rings is 1. The highest BCUT2D eigenvalue weighted by atomic mass is 19.1. The van der Waals surface area contributed by atoms with Crippen LogP contribution in [0.25, 0.3) is 16.9 Å². The first-order valence-electron chi connectivity index (χ1n) is 7.92. The lowest BCUT2D eigenvalue weighted by Crippen LogP contribution is -2.35. The molecule has 2 N–H and O–H groups in total.